The molecule has 1 heterocycles. The van der Waals surface area contributed by atoms with Crippen molar-refractivity contribution in [2.24, 2.45) is 0 Å². The van der Waals surface area contributed by atoms with Gasteiger partial charge in [-0.05, 0) is 50.1 Å². The van der Waals surface area contributed by atoms with Crippen LogP contribution in [0.15, 0.2) is 32.5 Å². The minimum Gasteiger partial charge on any atom is -0.288 e. The molecule has 0 aliphatic carbocycles. The summed E-state index contributed by atoms with van der Waals surface area (Å²) in [5.41, 5.74) is -0.132. The number of rotatable bonds is 2. The Morgan fingerprint density at radius 1 is 1.18 bits per heavy atom. The van der Waals surface area contributed by atoms with E-state index < -0.39 is 17.4 Å². The second-order valence-electron chi connectivity index (χ2n) is 3.19. The van der Waals surface area contributed by atoms with Gasteiger partial charge in [-0.3, -0.25) is 4.79 Å². The third-order valence-electron chi connectivity index (χ3n) is 2.04. The second-order valence-corrected chi connectivity index (χ2v) is 6.41. The van der Waals surface area contributed by atoms with Gasteiger partial charge in [0.25, 0.3) is 0 Å². The quantitative estimate of drug-likeness (QED) is 0.684. The summed E-state index contributed by atoms with van der Waals surface area (Å²) in [4.78, 5) is 12.3. The lowest BCUT2D eigenvalue weighted by Gasteiger charge is -1.99. The van der Waals surface area contributed by atoms with Gasteiger partial charge in [-0.1, -0.05) is 0 Å². The summed E-state index contributed by atoms with van der Waals surface area (Å²) < 4.78 is 27.6. The molecule has 17 heavy (non-hydrogen) atoms. The Labute approximate surface area is 117 Å². The standard InChI is InChI=1S/C11H4Br2F2OS/c12-7-4-9(17-11(7)13)10(16)6-2-1-5(14)3-8(6)15/h1-4H. The van der Waals surface area contributed by atoms with Crippen LogP contribution >= 0.6 is 43.2 Å². The molecular formula is C11H4Br2F2OS. The molecule has 2 aromatic rings. The fourth-order valence-electron chi connectivity index (χ4n) is 1.26. The molecule has 0 amide bonds. The average molecular weight is 382 g/mol. The first-order valence-electron chi connectivity index (χ1n) is 4.43. The van der Waals surface area contributed by atoms with Crippen molar-refractivity contribution >= 4 is 49.0 Å². The largest absolute Gasteiger partial charge is 0.288 e. The Morgan fingerprint density at radius 2 is 1.88 bits per heavy atom. The van der Waals surface area contributed by atoms with Gasteiger partial charge in [0.05, 0.1) is 14.2 Å². The molecule has 0 fully saturated rings. The summed E-state index contributed by atoms with van der Waals surface area (Å²) in [6.45, 7) is 0. The van der Waals surface area contributed by atoms with Gasteiger partial charge in [0.1, 0.15) is 11.6 Å². The second kappa shape index (κ2) is 4.96. The molecule has 1 nitrogen and oxygen atoms in total. The smallest absolute Gasteiger partial charge is 0.205 e. The Kier molecular flexibility index (Phi) is 3.75. The highest BCUT2D eigenvalue weighted by atomic mass is 79.9. The first kappa shape index (κ1) is 12.9. The van der Waals surface area contributed by atoms with Crippen molar-refractivity contribution in [3.8, 4) is 0 Å². The minimum absolute atomic E-state index is 0.132. The number of thiophene rings is 1. The van der Waals surface area contributed by atoms with Crippen molar-refractivity contribution in [3.63, 3.8) is 0 Å². The molecule has 2 rings (SSSR count). The van der Waals surface area contributed by atoms with Crippen LogP contribution in [0, 0.1) is 11.6 Å². The Balaban J connectivity index is 2.43. The lowest BCUT2D eigenvalue weighted by molar-refractivity contribution is 0.103. The van der Waals surface area contributed by atoms with Crippen molar-refractivity contribution in [2.45, 2.75) is 0 Å². The lowest BCUT2D eigenvalue weighted by atomic mass is 10.1. The monoisotopic (exact) mass is 380 g/mol. The van der Waals surface area contributed by atoms with Gasteiger partial charge in [0.15, 0.2) is 0 Å². The maximum absolute atomic E-state index is 13.4. The molecule has 1 aromatic carbocycles. The van der Waals surface area contributed by atoms with Gasteiger partial charge in [0.2, 0.25) is 5.78 Å². The normalized spacial score (nSPS) is 10.6. The van der Waals surface area contributed by atoms with E-state index in [1.54, 1.807) is 6.07 Å². The van der Waals surface area contributed by atoms with E-state index in [1.807, 2.05) is 0 Å². The van der Waals surface area contributed by atoms with E-state index in [2.05, 4.69) is 31.9 Å². The number of hydrogen-bond donors (Lipinski definition) is 0. The molecule has 1 aromatic heterocycles. The summed E-state index contributed by atoms with van der Waals surface area (Å²) in [6.07, 6.45) is 0. The molecule has 0 N–H and O–H groups in total. The predicted octanol–water partition coefficient (Wildman–Crippen LogP) is 4.78. The van der Waals surface area contributed by atoms with Gasteiger partial charge < -0.3 is 0 Å². The molecule has 6 heteroatoms. The molecule has 0 saturated heterocycles. The fraction of sp³-hybridized carbons (Fsp3) is 0. The molecule has 0 bridgehead atoms. The predicted molar refractivity (Wildman–Crippen MR) is 69.5 cm³/mol. The van der Waals surface area contributed by atoms with Gasteiger partial charge in [-0.25, -0.2) is 8.78 Å². The van der Waals surface area contributed by atoms with Crippen LogP contribution in [0.2, 0.25) is 0 Å². The zero-order valence-electron chi connectivity index (χ0n) is 8.14. The van der Waals surface area contributed by atoms with E-state index in [1.165, 1.54) is 11.3 Å². The zero-order valence-corrected chi connectivity index (χ0v) is 12.1. The van der Waals surface area contributed by atoms with Gasteiger partial charge in [-0.2, -0.15) is 0 Å². The van der Waals surface area contributed by atoms with Crippen LogP contribution in [0.4, 0.5) is 8.78 Å². The van der Waals surface area contributed by atoms with Crippen molar-refractivity contribution in [2.75, 3.05) is 0 Å². The molecule has 0 spiro atoms. The number of benzene rings is 1. The molecule has 0 aliphatic rings. The summed E-state index contributed by atoms with van der Waals surface area (Å²) in [5, 5.41) is 0. The number of carbonyl (C=O) groups is 1. The number of hydrogen-bond acceptors (Lipinski definition) is 2. The van der Waals surface area contributed by atoms with Crippen LogP contribution in [-0.4, -0.2) is 5.78 Å². The highest BCUT2D eigenvalue weighted by molar-refractivity contribution is 9.13. The van der Waals surface area contributed by atoms with Crippen LogP contribution < -0.4 is 0 Å². The molecule has 0 radical (unpaired) electrons. The molecule has 0 atom stereocenters. The highest BCUT2D eigenvalue weighted by Crippen LogP contribution is 2.33. The Morgan fingerprint density at radius 3 is 2.41 bits per heavy atom. The van der Waals surface area contributed by atoms with E-state index in [0.29, 0.717) is 10.9 Å². The summed E-state index contributed by atoms with van der Waals surface area (Å²) >= 11 is 7.69. The molecule has 0 saturated carbocycles. The van der Waals surface area contributed by atoms with E-state index in [4.69, 9.17) is 0 Å². The minimum atomic E-state index is -0.851. The van der Waals surface area contributed by atoms with Crippen LogP contribution in [0.5, 0.6) is 0 Å². The first-order valence-corrected chi connectivity index (χ1v) is 6.84. The third-order valence-corrected chi connectivity index (χ3v) is 5.30. The summed E-state index contributed by atoms with van der Waals surface area (Å²) in [7, 11) is 0. The van der Waals surface area contributed by atoms with Gasteiger partial charge in [-0.15, -0.1) is 11.3 Å². The van der Waals surface area contributed by atoms with Crippen molar-refractivity contribution in [1.82, 2.24) is 0 Å². The van der Waals surface area contributed by atoms with Gasteiger partial charge >= 0.3 is 0 Å². The molecule has 88 valence electrons. The maximum Gasteiger partial charge on any atom is 0.205 e. The van der Waals surface area contributed by atoms with Crippen LogP contribution in [0.3, 0.4) is 0 Å². The summed E-state index contributed by atoms with van der Waals surface area (Å²) in [5.74, 6) is -2.01. The maximum atomic E-state index is 13.4. The fourth-order valence-corrected chi connectivity index (χ4v) is 3.25. The Hall–Kier alpha value is -0.590. The van der Waals surface area contributed by atoms with Gasteiger partial charge in [0, 0.05) is 10.5 Å². The lowest BCUT2D eigenvalue weighted by Crippen LogP contribution is -2.02. The molecular weight excluding hydrogens is 378 g/mol. The number of ketones is 1. The number of halogens is 4. The number of carbonyl (C=O) groups excluding carboxylic acids is 1. The molecule has 0 unspecified atom stereocenters. The molecule has 0 aliphatic heterocycles. The van der Waals surface area contributed by atoms with Crippen LogP contribution in [0.25, 0.3) is 0 Å². The third kappa shape index (κ3) is 2.64. The van der Waals surface area contributed by atoms with Crippen LogP contribution in [-0.2, 0) is 0 Å². The highest BCUT2D eigenvalue weighted by Gasteiger charge is 2.17. The van der Waals surface area contributed by atoms with Crippen molar-refractivity contribution in [1.29, 1.82) is 0 Å². The Bertz CT molecular complexity index is 576. The zero-order chi connectivity index (χ0) is 12.6. The van der Waals surface area contributed by atoms with E-state index >= 15 is 0 Å². The summed E-state index contributed by atoms with van der Waals surface area (Å²) in [6, 6.07) is 4.51. The van der Waals surface area contributed by atoms with Crippen molar-refractivity contribution in [3.05, 3.63) is 54.6 Å². The van der Waals surface area contributed by atoms with E-state index in [-0.39, 0.29) is 5.56 Å². The first-order chi connectivity index (χ1) is 7.99. The van der Waals surface area contributed by atoms with E-state index in [9.17, 15) is 13.6 Å². The SMILES string of the molecule is O=C(c1cc(Br)c(Br)s1)c1ccc(F)cc1F. The van der Waals surface area contributed by atoms with Crippen LogP contribution in [0.1, 0.15) is 15.2 Å². The topological polar surface area (TPSA) is 17.1 Å². The van der Waals surface area contributed by atoms with E-state index in [0.717, 1.165) is 20.4 Å². The average Bonchev–Trinajstić information content (AvgIpc) is 2.58. The van der Waals surface area contributed by atoms with Crippen molar-refractivity contribution < 1.29 is 13.6 Å².